The molecule has 1 atom stereocenters. The monoisotopic (exact) mass is 349 g/mol. The molecule has 3 heteroatoms. The molecule has 2 rings (SSSR count). The highest BCUT2D eigenvalue weighted by molar-refractivity contribution is 9.10. The van der Waals surface area contributed by atoms with Crippen molar-refractivity contribution in [2.75, 3.05) is 5.32 Å². The van der Waals surface area contributed by atoms with Crippen LogP contribution in [0.3, 0.4) is 0 Å². The summed E-state index contributed by atoms with van der Waals surface area (Å²) in [4.78, 5) is 0. The van der Waals surface area contributed by atoms with Gasteiger partial charge in [-0.05, 0) is 64.5 Å². The summed E-state index contributed by atoms with van der Waals surface area (Å²) in [5.74, 6) is 0.288. The third-order valence-electron chi connectivity index (χ3n) is 3.74. The average molecular weight is 350 g/mol. The van der Waals surface area contributed by atoms with E-state index in [1.807, 2.05) is 6.92 Å². The van der Waals surface area contributed by atoms with Crippen molar-refractivity contribution in [3.63, 3.8) is 0 Å². The van der Waals surface area contributed by atoms with Gasteiger partial charge in [-0.1, -0.05) is 38.1 Å². The molecule has 1 N–H and O–H groups in total. The molecule has 0 aliphatic heterocycles. The Kier molecular flexibility index (Phi) is 5.04. The molecule has 0 aliphatic rings. The van der Waals surface area contributed by atoms with Crippen molar-refractivity contribution in [2.45, 2.75) is 39.7 Å². The maximum absolute atomic E-state index is 13.7. The van der Waals surface area contributed by atoms with E-state index in [4.69, 9.17) is 0 Å². The highest BCUT2D eigenvalue weighted by Gasteiger charge is 2.10. The van der Waals surface area contributed by atoms with E-state index in [2.05, 4.69) is 66.3 Å². The van der Waals surface area contributed by atoms with E-state index in [1.54, 1.807) is 12.1 Å². The van der Waals surface area contributed by atoms with E-state index in [9.17, 15) is 4.39 Å². The van der Waals surface area contributed by atoms with Gasteiger partial charge < -0.3 is 5.32 Å². The number of hydrogen-bond acceptors (Lipinski definition) is 1. The average Bonchev–Trinajstić information content (AvgIpc) is 2.44. The molecule has 0 radical (unpaired) electrons. The van der Waals surface area contributed by atoms with Gasteiger partial charge in [-0.3, -0.25) is 0 Å². The predicted molar refractivity (Wildman–Crippen MR) is 91.4 cm³/mol. The fourth-order valence-corrected chi connectivity index (χ4v) is 2.75. The van der Waals surface area contributed by atoms with Crippen molar-refractivity contribution in [3.8, 4) is 0 Å². The third-order valence-corrected chi connectivity index (χ3v) is 4.35. The molecule has 0 amide bonds. The highest BCUT2D eigenvalue weighted by Crippen LogP contribution is 2.27. The van der Waals surface area contributed by atoms with Crippen LogP contribution in [0, 0.1) is 12.7 Å². The molecule has 0 spiro atoms. The lowest BCUT2D eigenvalue weighted by Gasteiger charge is -2.18. The molecular weight excluding hydrogens is 329 g/mol. The van der Waals surface area contributed by atoms with Gasteiger partial charge in [0, 0.05) is 11.7 Å². The Hall–Kier alpha value is -1.35. The molecule has 0 heterocycles. The second-order valence-corrected chi connectivity index (χ2v) is 6.62. The van der Waals surface area contributed by atoms with Crippen molar-refractivity contribution in [1.29, 1.82) is 0 Å². The second kappa shape index (κ2) is 6.61. The van der Waals surface area contributed by atoms with E-state index in [0.29, 0.717) is 10.4 Å². The minimum Gasteiger partial charge on any atom is -0.378 e. The molecule has 0 aliphatic carbocycles. The number of rotatable bonds is 4. The summed E-state index contributed by atoms with van der Waals surface area (Å²) in [5.41, 5.74) is 4.38. The minimum atomic E-state index is -0.245. The summed E-state index contributed by atoms with van der Waals surface area (Å²) >= 11 is 3.21. The second-order valence-electron chi connectivity index (χ2n) is 5.77. The normalized spacial score (nSPS) is 12.5. The first-order valence-electron chi connectivity index (χ1n) is 7.20. The number of benzene rings is 2. The Balaban J connectivity index is 2.17. The number of halogens is 2. The first-order valence-corrected chi connectivity index (χ1v) is 8.00. The highest BCUT2D eigenvalue weighted by atomic mass is 79.9. The van der Waals surface area contributed by atoms with Crippen LogP contribution in [0.2, 0.25) is 0 Å². The Bertz CT molecular complexity index is 620. The van der Waals surface area contributed by atoms with E-state index >= 15 is 0 Å². The zero-order valence-corrected chi connectivity index (χ0v) is 14.5. The van der Waals surface area contributed by atoms with Crippen molar-refractivity contribution in [2.24, 2.45) is 0 Å². The van der Waals surface area contributed by atoms with E-state index in [0.717, 1.165) is 11.3 Å². The number of hydrogen-bond donors (Lipinski definition) is 1. The van der Waals surface area contributed by atoms with Crippen molar-refractivity contribution < 1.29 is 4.39 Å². The van der Waals surface area contributed by atoms with E-state index in [1.165, 1.54) is 11.1 Å². The summed E-state index contributed by atoms with van der Waals surface area (Å²) in [6, 6.07) is 12.1. The fraction of sp³-hybridized carbons (Fsp3) is 0.333. The molecule has 0 saturated carbocycles. The predicted octanol–water partition coefficient (Wildman–Crippen LogP) is 6.19. The summed E-state index contributed by atoms with van der Waals surface area (Å²) in [5, 5.41) is 3.38. The van der Waals surface area contributed by atoms with E-state index in [-0.39, 0.29) is 11.9 Å². The van der Waals surface area contributed by atoms with Crippen LogP contribution in [0.15, 0.2) is 40.9 Å². The minimum absolute atomic E-state index is 0.130. The van der Waals surface area contributed by atoms with Crippen LogP contribution in [0.4, 0.5) is 10.1 Å². The molecule has 112 valence electrons. The van der Waals surface area contributed by atoms with Crippen LogP contribution in [0.5, 0.6) is 0 Å². The standard InChI is InChI=1S/C18H21BrFN/c1-11(2)14-5-7-15(8-6-14)13(4)21-18-10-17(20)16(19)9-12(18)3/h5-11,13,21H,1-4H3. The molecule has 2 aromatic carbocycles. The lowest BCUT2D eigenvalue weighted by atomic mass is 9.99. The molecule has 1 unspecified atom stereocenters. The molecule has 2 aromatic rings. The first-order chi connectivity index (χ1) is 9.88. The summed E-state index contributed by atoms with van der Waals surface area (Å²) in [7, 11) is 0. The van der Waals surface area contributed by atoms with Gasteiger partial charge in [-0.2, -0.15) is 0 Å². The van der Waals surface area contributed by atoms with E-state index < -0.39 is 0 Å². The lowest BCUT2D eigenvalue weighted by Crippen LogP contribution is -2.08. The summed E-state index contributed by atoms with van der Waals surface area (Å²) < 4.78 is 14.2. The van der Waals surface area contributed by atoms with Gasteiger partial charge in [-0.15, -0.1) is 0 Å². The fourth-order valence-electron chi connectivity index (χ4n) is 2.29. The van der Waals surface area contributed by atoms with Crippen LogP contribution in [0.1, 0.15) is 49.4 Å². The van der Waals surface area contributed by atoms with Crippen LogP contribution in [-0.4, -0.2) is 0 Å². The molecule has 0 bridgehead atoms. The number of nitrogens with one attached hydrogen (secondary N) is 1. The molecular formula is C18H21BrFN. The van der Waals surface area contributed by atoms with Crippen molar-refractivity contribution in [1.82, 2.24) is 0 Å². The van der Waals surface area contributed by atoms with Gasteiger partial charge in [0.15, 0.2) is 0 Å². The van der Waals surface area contributed by atoms with Crippen LogP contribution < -0.4 is 5.32 Å². The number of anilines is 1. The summed E-state index contributed by atoms with van der Waals surface area (Å²) in [6.45, 7) is 8.43. The topological polar surface area (TPSA) is 12.0 Å². The van der Waals surface area contributed by atoms with Gasteiger partial charge >= 0.3 is 0 Å². The Morgan fingerprint density at radius 3 is 2.14 bits per heavy atom. The molecule has 0 saturated heterocycles. The Labute approximate surface area is 134 Å². The van der Waals surface area contributed by atoms with Gasteiger partial charge in [0.2, 0.25) is 0 Å². The molecule has 0 fully saturated rings. The van der Waals surface area contributed by atoms with Gasteiger partial charge in [0.05, 0.1) is 4.47 Å². The van der Waals surface area contributed by atoms with Gasteiger partial charge in [0.25, 0.3) is 0 Å². The first kappa shape index (κ1) is 16.0. The van der Waals surface area contributed by atoms with Crippen LogP contribution >= 0.6 is 15.9 Å². The molecule has 21 heavy (non-hydrogen) atoms. The summed E-state index contributed by atoms with van der Waals surface area (Å²) in [6.07, 6.45) is 0. The molecule has 0 aromatic heterocycles. The van der Waals surface area contributed by atoms with Crippen molar-refractivity contribution in [3.05, 3.63) is 63.4 Å². The Morgan fingerprint density at radius 1 is 1.00 bits per heavy atom. The quantitative estimate of drug-likeness (QED) is 0.693. The maximum atomic E-state index is 13.7. The largest absolute Gasteiger partial charge is 0.378 e. The SMILES string of the molecule is Cc1cc(Br)c(F)cc1NC(C)c1ccc(C(C)C)cc1. The zero-order valence-electron chi connectivity index (χ0n) is 12.9. The Morgan fingerprint density at radius 2 is 1.57 bits per heavy atom. The number of aryl methyl sites for hydroxylation is 1. The smallest absolute Gasteiger partial charge is 0.139 e. The van der Waals surface area contributed by atoms with Crippen LogP contribution in [-0.2, 0) is 0 Å². The lowest BCUT2D eigenvalue weighted by molar-refractivity contribution is 0.620. The van der Waals surface area contributed by atoms with Crippen molar-refractivity contribution >= 4 is 21.6 Å². The van der Waals surface area contributed by atoms with Crippen LogP contribution in [0.25, 0.3) is 0 Å². The third kappa shape index (κ3) is 3.85. The zero-order chi connectivity index (χ0) is 15.6. The molecule has 1 nitrogen and oxygen atoms in total. The van der Waals surface area contributed by atoms with Gasteiger partial charge in [0.1, 0.15) is 5.82 Å². The maximum Gasteiger partial charge on any atom is 0.139 e. The van der Waals surface area contributed by atoms with Gasteiger partial charge in [-0.25, -0.2) is 4.39 Å².